The number of rotatable bonds is 29. The molecule has 0 N–H and O–H groups in total. The molecule has 0 heterocycles. The minimum atomic E-state index is -0.274. The molecule has 0 amide bonds. The van der Waals surface area contributed by atoms with Crippen LogP contribution in [0.3, 0.4) is 0 Å². The van der Waals surface area contributed by atoms with E-state index in [1.165, 1.54) is 154 Å². The van der Waals surface area contributed by atoms with Gasteiger partial charge in [-0.3, -0.25) is 4.79 Å². The molecule has 0 aliphatic carbocycles. The van der Waals surface area contributed by atoms with Gasteiger partial charge < -0.3 is 4.74 Å². The lowest BCUT2D eigenvalue weighted by Gasteiger charge is -2.27. The SMILES string of the molecule is CCCCCCCCCCCCOC(=O)C(C)(CCCCCCCCC)CCCCCCCCCC. The van der Waals surface area contributed by atoms with E-state index in [-0.39, 0.29) is 11.4 Å². The van der Waals surface area contributed by atoms with Crippen LogP contribution in [-0.2, 0) is 9.53 Å². The Morgan fingerprint density at radius 3 is 1.06 bits per heavy atom. The summed E-state index contributed by atoms with van der Waals surface area (Å²) in [6, 6.07) is 0. The second kappa shape index (κ2) is 27.5. The molecule has 2 nitrogen and oxygen atoms in total. The van der Waals surface area contributed by atoms with E-state index >= 15 is 0 Å². The molecule has 36 heavy (non-hydrogen) atoms. The summed E-state index contributed by atoms with van der Waals surface area (Å²) < 4.78 is 5.87. The van der Waals surface area contributed by atoms with Crippen molar-refractivity contribution in [2.75, 3.05) is 6.61 Å². The van der Waals surface area contributed by atoms with Gasteiger partial charge in [0.05, 0.1) is 12.0 Å². The second-order valence-electron chi connectivity index (χ2n) is 12.0. The molecule has 0 saturated heterocycles. The predicted octanol–water partition coefficient (Wildman–Crippen LogP) is 12.1. The van der Waals surface area contributed by atoms with Crippen molar-refractivity contribution in [2.45, 2.75) is 201 Å². The van der Waals surface area contributed by atoms with E-state index < -0.39 is 0 Å². The van der Waals surface area contributed by atoms with Crippen molar-refractivity contribution in [1.82, 2.24) is 0 Å². The molecule has 0 saturated carbocycles. The lowest BCUT2D eigenvalue weighted by atomic mass is 9.79. The fraction of sp³-hybridized carbons (Fsp3) is 0.971. The normalized spacial score (nSPS) is 13.1. The van der Waals surface area contributed by atoms with Gasteiger partial charge in [-0.2, -0.15) is 0 Å². The van der Waals surface area contributed by atoms with Crippen LogP contribution in [0.1, 0.15) is 201 Å². The molecule has 0 aliphatic rings. The smallest absolute Gasteiger partial charge is 0.311 e. The largest absolute Gasteiger partial charge is 0.465 e. The first-order chi connectivity index (χ1) is 17.6. The summed E-state index contributed by atoms with van der Waals surface area (Å²) >= 11 is 0. The zero-order valence-corrected chi connectivity index (χ0v) is 25.6. The van der Waals surface area contributed by atoms with Crippen molar-refractivity contribution in [3.8, 4) is 0 Å². The third kappa shape index (κ3) is 22.7. The van der Waals surface area contributed by atoms with Crippen LogP contribution >= 0.6 is 0 Å². The van der Waals surface area contributed by atoms with E-state index in [2.05, 4.69) is 27.7 Å². The van der Waals surface area contributed by atoms with Crippen molar-refractivity contribution in [3.63, 3.8) is 0 Å². The van der Waals surface area contributed by atoms with E-state index in [1.807, 2.05) is 0 Å². The molecule has 0 bridgehead atoms. The predicted molar refractivity (Wildman–Crippen MR) is 161 cm³/mol. The lowest BCUT2D eigenvalue weighted by Crippen LogP contribution is -2.30. The van der Waals surface area contributed by atoms with E-state index in [0.29, 0.717) is 6.61 Å². The standard InChI is InChI=1S/C34H68O2/c1-5-8-11-14-17-19-20-23-26-29-32-36-33(35)34(4,30-27-24-21-16-13-10-7-3)31-28-25-22-18-15-12-9-6-2/h5-32H2,1-4H3. The number of hydrogen-bond acceptors (Lipinski definition) is 2. The van der Waals surface area contributed by atoms with Crippen molar-refractivity contribution in [1.29, 1.82) is 0 Å². The van der Waals surface area contributed by atoms with Crippen LogP contribution in [0.15, 0.2) is 0 Å². The maximum Gasteiger partial charge on any atom is 0.311 e. The van der Waals surface area contributed by atoms with Gasteiger partial charge >= 0.3 is 5.97 Å². The molecule has 0 aliphatic heterocycles. The minimum Gasteiger partial charge on any atom is -0.465 e. The van der Waals surface area contributed by atoms with Crippen LogP contribution in [0.25, 0.3) is 0 Å². The summed E-state index contributed by atoms with van der Waals surface area (Å²) in [6.45, 7) is 9.66. The summed E-state index contributed by atoms with van der Waals surface area (Å²) in [5.74, 6) is 0.0901. The zero-order chi connectivity index (χ0) is 26.6. The van der Waals surface area contributed by atoms with Crippen molar-refractivity contribution < 1.29 is 9.53 Å². The van der Waals surface area contributed by atoms with Gasteiger partial charge in [-0.05, 0) is 26.2 Å². The van der Waals surface area contributed by atoms with Gasteiger partial charge in [0, 0.05) is 0 Å². The average molecular weight is 509 g/mol. The first-order valence-corrected chi connectivity index (χ1v) is 16.8. The average Bonchev–Trinajstić information content (AvgIpc) is 2.88. The van der Waals surface area contributed by atoms with Crippen LogP contribution in [0.2, 0.25) is 0 Å². The molecule has 0 aromatic rings. The van der Waals surface area contributed by atoms with Crippen LogP contribution in [0.4, 0.5) is 0 Å². The highest BCUT2D eigenvalue weighted by atomic mass is 16.5. The van der Waals surface area contributed by atoms with Gasteiger partial charge in [0.15, 0.2) is 0 Å². The van der Waals surface area contributed by atoms with Crippen molar-refractivity contribution in [2.24, 2.45) is 5.41 Å². The third-order valence-corrected chi connectivity index (χ3v) is 8.14. The molecule has 2 heteroatoms. The lowest BCUT2D eigenvalue weighted by molar-refractivity contribution is -0.156. The van der Waals surface area contributed by atoms with Gasteiger partial charge in [0.25, 0.3) is 0 Å². The molecule has 1 unspecified atom stereocenters. The van der Waals surface area contributed by atoms with Gasteiger partial charge in [-0.1, -0.05) is 175 Å². The fourth-order valence-electron chi connectivity index (χ4n) is 5.38. The number of unbranched alkanes of at least 4 members (excludes halogenated alkanes) is 22. The summed E-state index contributed by atoms with van der Waals surface area (Å²) in [5.41, 5.74) is -0.274. The van der Waals surface area contributed by atoms with Crippen LogP contribution in [0, 0.1) is 5.41 Å². The van der Waals surface area contributed by atoms with Crippen molar-refractivity contribution in [3.05, 3.63) is 0 Å². The van der Waals surface area contributed by atoms with E-state index in [4.69, 9.17) is 4.74 Å². The van der Waals surface area contributed by atoms with E-state index in [0.717, 1.165) is 19.3 Å². The molecule has 0 radical (unpaired) electrons. The summed E-state index contributed by atoms with van der Waals surface area (Å²) in [5, 5.41) is 0. The van der Waals surface area contributed by atoms with Crippen molar-refractivity contribution >= 4 is 5.97 Å². The van der Waals surface area contributed by atoms with Crippen LogP contribution in [-0.4, -0.2) is 12.6 Å². The Morgan fingerprint density at radius 2 is 0.722 bits per heavy atom. The molecule has 0 aromatic carbocycles. The molecule has 1 atom stereocenters. The van der Waals surface area contributed by atoms with E-state index in [1.54, 1.807) is 0 Å². The first-order valence-electron chi connectivity index (χ1n) is 16.8. The maximum absolute atomic E-state index is 13.1. The molecule has 0 fully saturated rings. The minimum absolute atomic E-state index is 0.0901. The zero-order valence-electron chi connectivity index (χ0n) is 25.6. The first kappa shape index (κ1) is 35.5. The molecular formula is C34H68O2. The Bertz CT molecular complexity index is 446. The van der Waals surface area contributed by atoms with Gasteiger partial charge in [0.1, 0.15) is 0 Å². The topological polar surface area (TPSA) is 26.3 Å². The molecule has 216 valence electrons. The van der Waals surface area contributed by atoms with E-state index in [9.17, 15) is 4.79 Å². The van der Waals surface area contributed by atoms with Crippen LogP contribution in [0.5, 0.6) is 0 Å². The number of hydrogen-bond donors (Lipinski definition) is 0. The third-order valence-electron chi connectivity index (χ3n) is 8.14. The molecule has 0 spiro atoms. The Kier molecular flexibility index (Phi) is 27.1. The Morgan fingerprint density at radius 1 is 0.444 bits per heavy atom. The summed E-state index contributed by atoms with van der Waals surface area (Å²) in [4.78, 5) is 13.1. The summed E-state index contributed by atoms with van der Waals surface area (Å²) in [7, 11) is 0. The summed E-state index contributed by atoms with van der Waals surface area (Å²) in [6.07, 6.45) is 34.9. The molecular weight excluding hydrogens is 440 g/mol. The molecule has 0 aromatic heterocycles. The van der Waals surface area contributed by atoms with Gasteiger partial charge in [-0.15, -0.1) is 0 Å². The number of carbonyl (C=O) groups is 1. The maximum atomic E-state index is 13.1. The van der Waals surface area contributed by atoms with Crippen LogP contribution < -0.4 is 0 Å². The fourth-order valence-corrected chi connectivity index (χ4v) is 5.38. The second-order valence-corrected chi connectivity index (χ2v) is 12.0. The monoisotopic (exact) mass is 509 g/mol. The number of carbonyl (C=O) groups excluding carboxylic acids is 1. The molecule has 0 rings (SSSR count). The van der Waals surface area contributed by atoms with Gasteiger partial charge in [0.2, 0.25) is 0 Å². The highest BCUT2D eigenvalue weighted by Crippen LogP contribution is 2.33. The Balaban J connectivity index is 4.19. The Hall–Kier alpha value is -0.530. The Labute approximate surface area is 228 Å². The highest BCUT2D eigenvalue weighted by molar-refractivity contribution is 5.76. The quantitative estimate of drug-likeness (QED) is 0.0741. The number of esters is 1. The number of ether oxygens (including phenoxy) is 1. The van der Waals surface area contributed by atoms with Gasteiger partial charge in [-0.25, -0.2) is 0 Å². The highest BCUT2D eigenvalue weighted by Gasteiger charge is 2.33.